The number of thioether (sulfide) groups is 2. The highest BCUT2D eigenvalue weighted by Crippen LogP contribution is 2.36. The summed E-state index contributed by atoms with van der Waals surface area (Å²) in [7, 11) is 1.63. The molecule has 1 unspecified atom stereocenters. The van der Waals surface area contributed by atoms with Crippen molar-refractivity contribution in [3.8, 4) is 0 Å². The molecule has 0 aromatic carbocycles. The lowest BCUT2D eigenvalue weighted by atomic mass is 9.76. The highest BCUT2D eigenvalue weighted by Gasteiger charge is 2.36. The Hall–Kier alpha value is -0.360. The summed E-state index contributed by atoms with van der Waals surface area (Å²) >= 11 is 3.11. The lowest BCUT2D eigenvalue weighted by Gasteiger charge is -2.32. The fourth-order valence-electron chi connectivity index (χ4n) is 1.76. The van der Waals surface area contributed by atoms with Crippen LogP contribution in [-0.2, 0) is 4.79 Å². The van der Waals surface area contributed by atoms with E-state index in [1.165, 1.54) is 18.2 Å². The largest absolute Gasteiger partial charge is 0.410 e. The first kappa shape index (κ1) is 13.7. The predicted octanol–water partition coefficient (Wildman–Crippen LogP) is 1.99. The lowest BCUT2D eigenvalue weighted by Crippen LogP contribution is -2.40. The summed E-state index contributed by atoms with van der Waals surface area (Å²) in [5.41, 5.74) is 0. The second kappa shape index (κ2) is 7.06. The Morgan fingerprint density at radius 1 is 1.62 bits per heavy atom. The molecule has 1 saturated carbocycles. The van der Waals surface area contributed by atoms with Gasteiger partial charge in [0.1, 0.15) is 5.04 Å². The molecule has 6 heteroatoms. The van der Waals surface area contributed by atoms with Crippen molar-refractivity contribution in [3.63, 3.8) is 0 Å². The van der Waals surface area contributed by atoms with Gasteiger partial charge in [0.2, 0.25) is 5.91 Å². The highest BCUT2D eigenvalue weighted by molar-refractivity contribution is 8.23. The van der Waals surface area contributed by atoms with Crippen LogP contribution in [0, 0.1) is 11.8 Å². The van der Waals surface area contributed by atoms with E-state index in [1.807, 2.05) is 6.26 Å². The van der Waals surface area contributed by atoms with Crippen molar-refractivity contribution in [1.82, 2.24) is 5.32 Å². The molecular formula is C10H18N2O2S2. The molecule has 0 spiro atoms. The van der Waals surface area contributed by atoms with E-state index in [9.17, 15) is 4.79 Å². The maximum atomic E-state index is 11.8. The minimum absolute atomic E-state index is 0.0360. The van der Waals surface area contributed by atoms with Crippen molar-refractivity contribution in [3.05, 3.63) is 0 Å². The van der Waals surface area contributed by atoms with E-state index in [0.29, 0.717) is 11.0 Å². The Morgan fingerprint density at radius 3 is 2.69 bits per heavy atom. The maximum Gasteiger partial charge on any atom is 0.229 e. The maximum absolute atomic E-state index is 11.8. The average Bonchev–Trinajstić information content (AvgIpc) is 2.24. The van der Waals surface area contributed by atoms with Gasteiger partial charge in [-0.05, 0) is 25.0 Å². The molecule has 0 aliphatic heterocycles. The highest BCUT2D eigenvalue weighted by atomic mass is 32.2. The minimum atomic E-state index is -0.263. The Bertz CT molecular complexity index is 268. The molecule has 92 valence electrons. The van der Waals surface area contributed by atoms with Crippen molar-refractivity contribution in [1.29, 1.82) is 0 Å². The first-order valence-corrected chi connectivity index (χ1v) is 7.67. The van der Waals surface area contributed by atoms with E-state index < -0.39 is 0 Å². The van der Waals surface area contributed by atoms with Gasteiger partial charge in [-0.1, -0.05) is 23.3 Å². The number of nitrogens with zero attached hydrogens (tertiary/aromatic N) is 1. The van der Waals surface area contributed by atoms with E-state index >= 15 is 0 Å². The quantitative estimate of drug-likeness (QED) is 0.261. The van der Waals surface area contributed by atoms with Crippen LogP contribution in [0.25, 0.3) is 0 Å². The molecule has 0 bridgehead atoms. The van der Waals surface area contributed by atoms with Crippen LogP contribution in [0.5, 0.6) is 0 Å². The first-order valence-electron chi connectivity index (χ1n) is 5.29. The van der Waals surface area contributed by atoms with E-state index in [4.69, 9.17) is 5.21 Å². The smallest absolute Gasteiger partial charge is 0.229 e. The van der Waals surface area contributed by atoms with Crippen LogP contribution in [0.15, 0.2) is 5.16 Å². The van der Waals surface area contributed by atoms with Gasteiger partial charge in [0, 0.05) is 12.1 Å². The third-order valence-electron chi connectivity index (χ3n) is 2.84. The third-order valence-corrected chi connectivity index (χ3v) is 4.88. The first-order chi connectivity index (χ1) is 7.74. The molecule has 0 aromatic heterocycles. The van der Waals surface area contributed by atoms with Crippen molar-refractivity contribution in [2.45, 2.75) is 19.3 Å². The Morgan fingerprint density at radius 2 is 2.31 bits per heavy atom. The van der Waals surface area contributed by atoms with Crippen LogP contribution in [0.3, 0.4) is 0 Å². The van der Waals surface area contributed by atoms with Gasteiger partial charge in [-0.3, -0.25) is 4.79 Å². The number of amides is 1. The van der Waals surface area contributed by atoms with Crippen molar-refractivity contribution in [2.75, 3.05) is 18.4 Å². The Balaban J connectivity index is 2.68. The zero-order chi connectivity index (χ0) is 12.0. The van der Waals surface area contributed by atoms with Crippen molar-refractivity contribution < 1.29 is 10.0 Å². The number of oxime groups is 1. The summed E-state index contributed by atoms with van der Waals surface area (Å²) in [6.45, 7) is 0. The molecule has 1 fully saturated rings. The summed E-state index contributed by atoms with van der Waals surface area (Å²) < 4.78 is 0. The predicted molar refractivity (Wildman–Crippen MR) is 70.1 cm³/mol. The van der Waals surface area contributed by atoms with Gasteiger partial charge in [-0.15, -0.1) is 0 Å². The fourth-order valence-corrected chi connectivity index (χ4v) is 3.25. The van der Waals surface area contributed by atoms with E-state index in [1.54, 1.807) is 18.8 Å². The zero-order valence-corrected chi connectivity index (χ0v) is 11.2. The molecule has 0 saturated heterocycles. The summed E-state index contributed by atoms with van der Waals surface area (Å²) in [6, 6.07) is 0. The molecule has 1 aliphatic rings. The molecule has 1 rings (SSSR count). The van der Waals surface area contributed by atoms with Gasteiger partial charge < -0.3 is 10.5 Å². The zero-order valence-electron chi connectivity index (χ0n) is 9.60. The number of carbonyl (C=O) groups is 1. The van der Waals surface area contributed by atoms with Crippen LogP contribution in [0.2, 0.25) is 0 Å². The van der Waals surface area contributed by atoms with Crippen LogP contribution < -0.4 is 5.32 Å². The van der Waals surface area contributed by atoms with Crippen LogP contribution in [-0.4, -0.2) is 34.5 Å². The molecule has 4 nitrogen and oxygen atoms in total. The van der Waals surface area contributed by atoms with Crippen molar-refractivity contribution >= 4 is 34.5 Å². The van der Waals surface area contributed by atoms with Crippen molar-refractivity contribution in [2.24, 2.45) is 17.0 Å². The number of nitrogens with one attached hydrogen (secondary N) is 1. The van der Waals surface area contributed by atoms with Gasteiger partial charge in [-0.2, -0.15) is 11.8 Å². The fraction of sp³-hybridized carbons (Fsp3) is 0.800. The molecule has 16 heavy (non-hydrogen) atoms. The van der Waals surface area contributed by atoms with Gasteiger partial charge in [0.25, 0.3) is 0 Å². The van der Waals surface area contributed by atoms with Crippen LogP contribution in [0.4, 0.5) is 0 Å². The average molecular weight is 262 g/mol. The molecule has 1 aliphatic carbocycles. The van der Waals surface area contributed by atoms with Gasteiger partial charge in [0.05, 0.1) is 5.92 Å². The summed E-state index contributed by atoms with van der Waals surface area (Å²) in [5.74, 6) is 0.0483. The summed E-state index contributed by atoms with van der Waals surface area (Å²) in [4.78, 5) is 11.8. The number of hydrogen-bond acceptors (Lipinski definition) is 5. The Labute approximate surface area is 105 Å². The number of rotatable bonds is 5. The van der Waals surface area contributed by atoms with Gasteiger partial charge in [-0.25, -0.2) is 0 Å². The topological polar surface area (TPSA) is 61.7 Å². The van der Waals surface area contributed by atoms with Crippen LogP contribution in [0.1, 0.15) is 19.3 Å². The van der Waals surface area contributed by atoms with Crippen LogP contribution >= 0.6 is 23.5 Å². The van der Waals surface area contributed by atoms with Gasteiger partial charge >= 0.3 is 0 Å². The summed E-state index contributed by atoms with van der Waals surface area (Å²) in [6.07, 6.45) is 5.26. The molecule has 1 amide bonds. The van der Waals surface area contributed by atoms with E-state index in [-0.39, 0.29) is 11.8 Å². The molecule has 0 heterocycles. The second-order valence-corrected chi connectivity index (χ2v) is 6.00. The number of hydrogen-bond donors (Lipinski definition) is 2. The third kappa shape index (κ3) is 3.31. The van der Waals surface area contributed by atoms with E-state index in [2.05, 4.69) is 10.5 Å². The normalized spacial score (nSPS) is 19.0. The lowest BCUT2D eigenvalue weighted by molar-refractivity contribution is -0.124. The molecular weight excluding hydrogens is 244 g/mol. The molecule has 0 radical (unpaired) electrons. The Kier molecular flexibility index (Phi) is 6.05. The monoisotopic (exact) mass is 262 g/mol. The molecule has 1 atom stereocenters. The second-order valence-electron chi connectivity index (χ2n) is 3.77. The molecule has 0 aromatic rings. The minimum Gasteiger partial charge on any atom is -0.410 e. The molecule has 2 N–H and O–H groups in total. The number of carbonyl (C=O) groups excluding carboxylic acids is 1. The SMILES string of the molecule is CNC(=O)C(C(=NO)SCSC)C1CCC1. The summed E-state index contributed by atoms with van der Waals surface area (Å²) in [5, 5.41) is 16.3. The van der Waals surface area contributed by atoms with E-state index in [0.717, 1.165) is 17.9 Å². The standard InChI is InChI=1S/C10H18N2O2S2/c1-11-9(13)8(7-4-3-5-7)10(12-14)16-6-15-2/h7-8,14H,3-6H2,1-2H3,(H,11,13). The van der Waals surface area contributed by atoms with Gasteiger partial charge in [0.15, 0.2) is 0 Å².